The van der Waals surface area contributed by atoms with Crippen LogP contribution in [0.25, 0.3) is 0 Å². The van der Waals surface area contributed by atoms with E-state index >= 15 is 0 Å². The van der Waals surface area contributed by atoms with Crippen molar-refractivity contribution < 1.29 is 38.1 Å². The van der Waals surface area contributed by atoms with Crippen LogP contribution in [0.1, 0.15) is 20.3 Å². The molecule has 0 fully saturated rings. The molecule has 0 aliphatic rings. The van der Waals surface area contributed by atoms with Crippen molar-refractivity contribution >= 4 is 17.9 Å². The summed E-state index contributed by atoms with van der Waals surface area (Å²) in [6.07, 6.45) is 3.96. The molecule has 1 unspecified atom stereocenters. The number of ether oxygens (including phenoxy) is 5. The highest BCUT2D eigenvalue weighted by Crippen LogP contribution is 2.21. The molecule has 0 saturated carbocycles. The maximum atomic E-state index is 11.5. The Bertz CT molecular complexity index is 481. The Morgan fingerprint density at radius 3 is 1.61 bits per heavy atom. The van der Waals surface area contributed by atoms with Gasteiger partial charge in [-0.05, 0) is 13.3 Å². The van der Waals surface area contributed by atoms with E-state index in [9.17, 15) is 14.4 Å². The fourth-order valence-electron chi connectivity index (χ4n) is 1.81. The molecule has 1 atom stereocenters. The van der Waals surface area contributed by atoms with Crippen LogP contribution in [0.15, 0.2) is 38.0 Å². The minimum absolute atomic E-state index is 0.0177. The highest BCUT2D eigenvalue weighted by Gasteiger charge is 2.36. The number of hydrogen-bond donors (Lipinski definition) is 0. The number of esters is 3. The van der Waals surface area contributed by atoms with Gasteiger partial charge in [0, 0.05) is 18.2 Å². The van der Waals surface area contributed by atoms with Crippen molar-refractivity contribution in [3.05, 3.63) is 38.0 Å². The molecule has 0 amide bonds. The molecule has 8 nitrogen and oxygen atoms in total. The summed E-state index contributed by atoms with van der Waals surface area (Å²) in [6.45, 7) is 13.9. The van der Waals surface area contributed by atoms with Crippen molar-refractivity contribution in [3.8, 4) is 0 Å². The molecule has 0 radical (unpaired) electrons. The van der Waals surface area contributed by atoms with Gasteiger partial charge in [-0.25, -0.2) is 14.4 Å². The summed E-state index contributed by atoms with van der Waals surface area (Å²) in [5.74, 6) is -2.02. The van der Waals surface area contributed by atoms with Gasteiger partial charge in [-0.15, -0.1) is 0 Å². The van der Waals surface area contributed by atoms with Crippen LogP contribution in [0, 0.1) is 5.41 Å². The van der Waals surface area contributed by atoms with Gasteiger partial charge in [0.05, 0.1) is 31.3 Å². The van der Waals surface area contributed by atoms with E-state index in [-0.39, 0.29) is 39.1 Å². The molecule has 0 saturated heterocycles. The number of rotatable bonds is 16. The fraction of sp³-hybridized carbons (Fsp3) is 0.550. The van der Waals surface area contributed by atoms with Gasteiger partial charge < -0.3 is 23.7 Å². The van der Waals surface area contributed by atoms with Crippen molar-refractivity contribution in [2.45, 2.75) is 26.4 Å². The molecule has 0 aromatic carbocycles. The van der Waals surface area contributed by atoms with E-state index in [1.165, 1.54) is 0 Å². The molecule has 8 heteroatoms. The van der Waals surface area contributed by atoms with Crippen molar-refractivity contribution in [1.29, 1.82) is 0 Å². The zero-order chi connectivity index (χ0) is 21.4. The van der Waals surface area contributed by atoms with Gasteiger partial charge >= 0.3 is 17.9 Å². The minimum Gasteiger partial charge on any atom is -0.462 e. The third-order valence-corrected chi connectivity index (χ3v) is 3.68. The van der Waals surface area contributed by atoms with Gasteiger partial charge in [0.15, 0.2) is 0 Å². The van der Waals surface area contributed by atoms with E-state index in [4.69, 9.17) is 23.7 Å². The van der Waals surface area contributed by atoms with Crippen molar-refractivity contribution in [1.82, 2.24) is 0 Å². The lowest BCUT2D eigenvalue weighted by Crippen LogP contribution is -2.43. The standard InChI is InChI=1S/C20H30O8/c1-6-16(5)25-11-10-24-12-20(13-26-17(21)7-2,14-27-18(22)8-3)15-28-19(23)9-4/h7-9,16H,2-4,6,10-15H2,1,5H3. The second-order valence-electron chi connectivity index (χ2n) is 6.08. The predicted molar refractivity (Wildman–Crippen MR) is 102 cm³/mol. The van der Waals surface area contributed by atoms with Gasteiger partial charge in [-0.3, -0.25) is 0 Å². The van der Waals surface area contributed by atoms with Gasteiger partial charge in [-0.1, -0.05) is 26.7 Å². The lowest BCUT2D eigenvalue weighted by atomic mass is 9.92. The SMILES string of the molecule is C=CC(=O)OCC(COCCOC(C)CC)(COC(=O)C=C)COC(=O)C=C. The number of hydrogen-bond acceptors (Lipinski definition) is 8. The van der Waals surface area contributed by atoms with Crippen LogP contribution < -0.4 is 0 Å². The molecule has 0 aliphatic carbocycles. The summed E-state index contributed by atoms with van der Waals surface area (Å²) in [6, 6.07) is 0. The van der Waals surface area contributed by atoms with Gasteiger partial charge in [0.2, 0.25) is 0 Å². The summed E-state index contributed by atoms with van der Waals surface area (Å²) < 4.78 is 26.4. The summed E-state index contributed by atoms with van der Waals surface area (Å²) >= 11 is 0. The molecule has 0 rings (SSSR count). The second-order valence-corrected chi connectivity index (χ2v) is 6.08. The molecule has 0 aromatic heterocycles. The number of carbonyl (C=O) groups excluding carboxylic acids is 3. The summed E-state index contributed by atoms with van der Waals surface area (Å²) in [4.78, 5) is 34.4. The molecule has 158 valence electrons. The fourth-order valence-corrected chi connectivity index (χ4v) is 1.81. The molecular formula is C20H30O8. The third-order valence-electron chi connectivity index (χ3n) is 3.68. The van der Waals surface area contributed by atoms with E-state index in [1.807, 2.05) is 13.8 Å². The molecule has 0 N–H and O–H groups in total. The third kappa shape index (κ3) is 11.3. The van der Waals surface area contributed by atoms with Crippen LogP contribution in [0.5, 0.6) is 0 Å². The Hall–Kier alpha value is -2.45. The summed E-state index contributed by atoms with van der Waals surface area (Å²) in [5, 5.41) is 0. The van der Waals surface area contributed by atoms with Crippen LogP contribution >= 0.6 is 0 Å². The second kappa shape index (κ2) is 14.6. The van der Waals surface area contributed by atoms with Gasteiger partial charge in [-0.2, -0.15) is 0 Å². The topological polar surface area (TPSA) is 97.4 Å². The normalized spacial score (nSPS) is 11.8. The lowest BCUT2D eigenvalue weighted by Gasteiger charge is -2.31. The average Bonchev–Trinajstić information content (AvgIpc) is 2.72. The first-order chi connectivity index (χ1) is 13.3. The van der Waals surface area contributed by atoms with E-state index in [1.54, 1.807) is 0 Å². The Balaban J connectivity index is 5.10. The summed E-state index contributed by atoms with van der Waals surface area (Å²) in [5.41, 5.74) is -1.12. The molecule has 28 heavy (non-hydrogen) atoms. The van der Waals surface area contributed by atoms with Crippen molar-refractivity contribution in [3.63, 3.8) is 0 Å². The number of carbonyl (C=O) groups is 3. The van der Waals surface area contributed by atoms with Gasteiger partial charge in [0.25, 0.3) is 0 Å². The zero-order valence-electron chi connectivity index (χ0n) is 16.6. The van der Waals surface area contributed by atoms with Crippen LogP contribution in [-0.4, -0.2) is 63.7 Å². The lowest BCUT2D eigenvalue weighted by molar-refractivity contribution is -0.162. The first-order valence-electron chi connectivity index (χ1n) is 8.89. The highest BCUT2D eigenvalue weighted by molar-refractivity contribution is 5.82. The van der Waals surface area contributed by atoms with Gasteiger partial charge in [0.1, 0.15) is 19.8 Å². The Morgan fingerprint density at radius 2 is 1.25 bits per heavy atom. The Morgan fingerprint density at radius 1 is 0.821 bits per heavy atom. The predicted octanol–water partition coefficient (Wildman–Crippen LogP) is 1.99. The van der Waals surface area contributed by atoms with E-state index in [0.29, 0.717) is 6.61 Å². The van der Waals surface area contributed by atoms with Crippen molar-refractivity contribution in [2.75, 3.05) is 39.6 Å². The molecule has 0 spiro atoms. The smallest absolute Gasteiger partial charge is 0.330 e. The first kappa shape index (κ1) is 25.6. The van der Waals surface area contributed by atoms with Crippen LogP contribution in [0.4, 0.5) is 0 Å². The van der Waals surface area contributed by atoms with Crippen LogP contribution in [-0.2, 0) is 38.1 Å². The quantitative estimate of drug-likeness (QED) is 0.169. The van der Waals surface area contributed by atoms with Crippen LogP contribution in [0.3, 0.4) is 0 Å². The Kier molecular flexibility index (Phi) is 13.3. The monoisotopic (exact) mass is 398 g/mol. The maximum absolute atomic E-state index is 11.5. The van der Waals surface area contributed by atoms with E-state index in [0.717, 1.165) is 24.6 Å². The van der Waals surface area contributed by atoms with Crippen LogP contribution in [0.2, 0.25) is 0 Å². The highest BCUT2D eigenvalue weighted by atomic mass is 16.6. The Labute approximate surface area is 166 Å². The van der Waals surface area contributed by atoms with E-state index in [2.05, 4.69) is 19.7 Å². The minimum atomic E-state index is -1.12. The molecule has 0 aromatic rings. The maximum Gasteiger partial charge on any atom is 0.330 e. The molecular weight excluding hydrogens is 368 g/mol. The van der Waals surface area contributed by atoms with Crippen molar-refractivity contribution in [2.24, 2.45) is 5.41 Å². The zero-order valence-corrected chi connectivity index (χ0v) is 16.6. The molecule has 0 bridgehead atoms. The average molecular weight is 398 g/mol. The van der Waals surface area contributed by atoms with E-state index < -0.39 is 23.3 Å². The first-order valence-corrected chi connectivity index (χ1v) is 8.89. The molecule has 0 heterocycles. The summed E-state index contributed by atoms with van der Waals surface area (Å²) in [7, 11) is 0. The molecule has 0 aliphatic heterocycles. The largest absolute Gasteiger partial charge is 0.462 e.